The van der Waals surface area contributed by atoms with E-state index in [0.717, 1.165) is 11.8 Å². The Hall–Kier alpha value is -0.810. The van der Waals surface area contributed by atoms with Gasteiger partial charge in [-0.3, -0.25) is 14.5 Å². The molecule has 1 aliphatic rings. The molecule has 5 heteroatoms. The number of amides is 2. The van der Waals surface area contributed by atoms with Crippen molar-refractivity contribution in [2.24, 2.45) is 11.7 Å². The number of thioether (sulfide) groups is 1. The fourth-order valence-electron chi connectivity index (χ4n) is 1.14. The largest absolute Gasteiger partial charge is 0.329 e. The fourth-order valence-corrected chi connectivity index (χ4v) is 2.15. The molecule has 0 bridgehead atoms. The summed E-state index contributed by atoms with van der Waals surface area (Å²) in [5.74, 6) is 0.0613. The molecular formula is C9H14N2O2S. The van der Waals surface area contributed by atoms with Gasteiger partial charge in [-0.25, -0.2) is 0 Å². The summed E-state index contributed by atoms with van der Waals surface area (Å²) < 4.78 is 0. The van der Waals surface area contributed by atoms with Crippen LogP contribution in [0.1, 0.15) is 13.8 Å². The lowest BCUT2D eigenvalue weighted by molar-refractivity contribution is -0.122. The highest BCUT2D eigenvalue weighted by Crippen LogP contribution is 2.30. The smallest absolute Gasteiger partial charge is 0.293 e. The number of rotatable bonds is 3. The highest BCUT2D eigenvalue weighted by atomic mass is 32.2. The lowest BCUT2D eigenvalue weighted by Gasteiger charge is -2.09. The number of hydrogen-bond acceptors (Lipinski definition) is 4. The maximum Gasteiger partial charge on any atom is 0.293 e. The molecule has 0 aromatic heterocycles. The van der Waals surface area contributed by atoms with Crippen molar-refractivity contribution in [3.05, 3.63) is 11.0 Å². The third kappa shape index (κ3) is 2.36. The molecular weight excluding hydrogens is 200 g/mol. The summed E-state index contributed by atoms with van der Waals surface area (Å²) in [5.41, 5.74) is 5.30. The summed E-state index contributed by atoms with van der Waals surface area (Å²) in [7, 11) is 0. The molecule has 0 aliphatic carbocycles. The molecule has 78 valence electrons. The van der Waals surface area contributed by atoms with Gasteiger partial charge in [-0.1, -0.05) is 19.9 Å². The van der Waals surface area contributed by atoms with Crippen LogP contribution in [0.3, 0.4) is 0 Å². The normalized spacial score (nSPS) is 20.3. The molecule has 1 saturated heterocycles. The van der Waals surface area contributed by atoms with Crippen molar-refractivity contribution < 1.29 is 9.59 Å². The molecule has 1 fully saturated rings. The van der Waals surface area contributed by atoms with Crippen molar-refractivity contribution in [3.63, 3.8) is 0 Å². The predicted octanol–water partition coefficient (Wildman–Crippen LogP) is 1.18. The molecule has 0 aromatic rings. The number of carbonyl (C=O) groups excluding carboxylic acids is 2. The van der Waals surface area contributed by atoms with E-state index in [9.17, 15) is 9.59 Å². The second-order valence-corrected chi connectivity index (χ2v) is 4.38. The van der Waals surface area contributed by atoms with Crippen LogP contribution in [-0.4, -0.2) is 29.1 Å². The standard InChI is InChI=1S/C9H14N2O2S/c1-6(2)5-7-8(12)11(4-3-10)9(13)14-7/h5-6H,3-4,10H2,1-2H3/b7-5+. The van der Waals surface area contributed by atoms with Crippen molar-refractivity contribution in [2.75, 3.05) is 13.1 Å². The molecule has 14 heavy (non-hydrogen) atoms. The number of imide groups is 1. The molecule has 0 saturated carbocycles. The molecule has 0 spiro atoms. The van der Waals surface area contributed by atoms with Crippen LogP contribution in [-0.2, 0) is 4.79 Å². The summed E-state index contributed by atoms with van der Waals surface area (Å²) >= 11 is 0.993. The first-order valence-electron chi connectivity index (χ1n) is 4.51. The molecule has 4 nitrogen and oxygen atoms in total. The van der Waals surface area contributed by atoms with E-state index in [-0.39, 0.29) is 17.1 Å². The summed E-state index contributed by atoms with van der Waals surface area (Å²) in [6.07, 6.45) is 1.81. The first kappa shape index (κ1) is 11.3. The van der Waals surface area contributed by atoms with Crippen molar-refractivity contribution in [2.45, 2.75) is 13.8 Å². The van der Waals surface area contributed by atoms with Gasteiger partial charge in [-0.05, 0) is 17.7 Å². The lowest BCUT2D eigenvalue weighted by Crippen LogP contribution is -2.33. The van der Waals surface area contributed by atoms with Gasteiger partial charge < -0.3 is 5.73 Å². The first-order chi connectivity index (χ1) is 6.56. The van der Waals surface area contributed by atoms with Gasteiger partial charge >= 0.3 is 0 Å². The van der Waals surface area contributed by atoms with E-state index < -0.39 is 0 Å². The van der Waals surface area contributed by atoms with E-state index >= 15 is 0 Å². The predicted molar refractivity (Wildman–Crippen MR) is 56.7 cm³/mol. The van der Waals surface area contributed by atoms with Crippen molar-refractivity contribution in [1.82, 2.24) is 4.90 Å². The minimum absolute atomic E-state index is 0.209. The van der Waals surface area contributed by atoms with Crippen LogP contribution >= 0.6 is 11.8 Å². The number of carbonyl (C=O) groups is 2. The maximum atomic E-state index is 11.6. The van der Waals surface area contributed by atoms with Crippen LogP contribution in [0, 0.1) is 5.92 Å². The van der Waals surface area contributed by atoms with Gasteiger partial charge in [-0.15, -0.1) is 0 Å². The number of nitrogens with zero attached hydrogens (tertiary/aromatic N) is 1. The van der Waals surface area contributed by atoms with Gasteiger partial charge in [0.1, 0.15) is 0 Å². The van der Waals surface area contributed by atoms with E-state index in [1.165, 1.54) is 4.90 Å². The SMILES string of the molecule is CC(C)/C=C1/SC(=O)N(CCN)C1=O. The molecule has 1 aliphatic heterocycles. The number of hydrogen-bond donors (Lipinski definition) is 1. The van der Waals surface area contributed by atoms with E-state index in [2.05, 4.69) is 0 Å². The van der Waals surface area contributed by atoms with Crippen LogP contribution in [0.4, 0.5) is 4.79 Å². The molecule has 2 N–H and O–H groups in total. The van der Waals surface area contributed by atoms with Crippen molar-refractivity contribution in [3.8, 4) is 0 Å². The van der Waals surface area contributed by atoms with Crippen molar-refractivity contribution >= 4 is 22.9 Å². The van der Waals surface area contributed by atoms with Gasteiger partial charge in [0.2, 0.25) is 0 Å². The van der Waals surface area contributed by atoms with Gasteiger partial charge in [0.05, 0.1) is 4.91 Å². The second kappa shape index (κ2) is 4.61. The van der Waals surface area contributed by atoms with Gasteiger partial charge in [0.25, 0.3) is 11.1 Å². The zero-order chi connectivity index (χ0) is 10.7. The number of nitrogens with two attached hydrogens (primary N) is 1. The highest BCUT2D eigenvalue weighted by molar-refractivity contribution is 8.18. The van der Waals surface area contributed by atoms with E-state index in [4.69, 9.17) is 5.73 Å². The average Bonchev–Trinajstić information content (AvgIpc) is 2.32. The summed E-state index contributed by atoms with van der Waals surface area (Å²) in [6, 6.07) is 0. The Labute approximate surface area is 87.5 Å². The van der Waals surface area contributed by atoms with Crippen LogP contribution in [0.5, 0.6) is 0 Å². The molecule has 1 heterocycles. The number of allylic oxidation sites excluding steroid dienone is 1. The Morgan fingerprint density at radius 2 is 2.14 bits per heavy atom. The fraction of sp³-hybridized carbons (Fsp3) is 0.556. The van der Waals surface area contributed by atoms with Crippen LogP contribution in [0.15, 0.2) is 11.0 Å². The van der Waals surface area contributed by atoms with Gasteiger partial charge in [-0.2, -0.15) is 0 Å². The Bertz CT molecular complexity index is 287. The van der Waals surface area contributed by atoms with Crippen LogP contribution < -0.4 is 5.73 Å². The Morgan fingerprint density at radius 3 is 2.64 bits per heavy atom. The molecule has 0 aromatic carbocycles. The van der Waals surface area contributed by atoms with E-state index in [0.29, 0.717) is 18.0 Å². The second-order valence-electron chi connectivity index (χ2n) is 3.39. The lowest BCUT2D eigenvalue weighted by atomic mass is 10.2. The third-order valence-corrected chi connectivity index (χ3v) is 2.64. The quantitative estimate of drug-likeness (QED) is 0.716. The summed E-state index contributed by atoms with van der Waals surface area (Å²) in [6.45, 7) is 4.56. The van der Waals surface area contributed by atoms with Crippen LogP contribution in [0.2, 0.25) is 0 Å². The molecule has 1 rings (SSSR count). The molecule has 2 amide bonds. The zero-order valence-corrected chi connectivity index (χ0v) is 9.13. The minimum Gasteiger partial charge on any atom is -0.329 e. The summed E-state index contributed by atoms with van der Waals surface area (Å²) in [5, 5.41) is -0.215. The van der Waals surface area contributed by atoms with Crippen molar-refractivity contribution in [1.29, 1.82) is 0 Å². The molecule has 0 unspecified atom stereocenters. The maximum absolute atomic E-state index is 11.6. The summed E-state index contributed by atoms with van der Waals surface area (Å²) in [4.78, 5) is 24.7. The topological polar surface area (TPSA) is 63.4 Å². The molecule has 0 radical (unpaired) electrons. The Morgan fingerprint density at radius 1 is 1.50 bits per heavy atom. The van der Waals surface area contributed by atoms with Gasteiger partial charge in [0, 0.05) is 13.1 Å². The monoisotopic (exact) mass is 214 g/mol. The Balaban J connectivity index is 2.79. The minimum atomic E-state index is -0.215. The van der Waals surface area contributed by atoms with E-state index in [1.807, 2.05) is 13.8 Å². The highest BCUT2D eigenvalue weighted by Gasteiger charge is 2.34. The van der Waals surface area contributed by atoms with Crippen LogP contribution in [0.25, 0.3) is 0 Å². The first-order valence-corrected chi connectivity index (χ1v) is 5.33. The average molecular weight is 214 g/mol. The van der Waals surface area contributed by atoms with Gasteiger partial charge in [0.15, 0.2) is 0 Å². The third-order valence-electron chi connectivity index (χ3n) is 1.71. The van der Waals surface area contributed by atoms with E-state index in [1.54, 1.807) is 6.08 Å². The zero-order valence-electron chi connectivity index (χ0n) is 8.32. The molecule has 0 atom stereocenters. The Kier molecular flexibility index (Phi) is 3.71.